The summed E-state index contributed by atoms with van der Waals surface area (Å²) in [7, 11) is 0. The fourth-order valence-corrected chi connectivity index (χ4v) is 2.45. The number of aryl methyl sites for hydroxylation is 1. The van der Waals surface area contributed by atoms with Gasteiger partial charge >= 0.3 is 29.6 Å². The van der Waals surface area contributed by atoms with Crippen LogP contribution in [-0.4, -0.2) is 11.1 Å². The van der Waals surface area contributed by atoms with Gasteiger partial charge in [-0.1, -0.05) is 27.2 Å². The molecule has 0 heterocycles. The van der Waals surface area contributed by atoms with Gasteiger partial charge < -0.3 is 15.0 Å². The second-order valence-electron chi connectivity index (χ2n) is 5.14. The summed E-state index contributed by atoms with van der Waals surface area (Å²) in [4.78, 5) is 11.1. The third kappa shape index (κ3) is 3.98. The Morgan fingerprint density at radius 3 is 2.37 bits per heavy atom. The summed E-state index contributed by atoms with van der Waals surface area (Å²) in [6.07, 6.45) is 2.74. The van der Waals surface area contributed by atoms with Crippen LogP contribution in [0.5, 0.6) is 5.75 Å². The molecular formula is C15H21NaO3. The van der Waals surface area contributed by atoms with Crippen molar-refractivity contribution in [3.63, 3.8) is 0 Å². The Balaban J connectivity index is 0.00000324. The topological polar surface area (TPSA) is 60.4 Å². The molecule has 0 radical (unpaired) electrons. The van der Waals surface area contributed by atoms with E-state index in [-0.39, 0.29) is 46.3 Å². The third-order valence-corrected chi connectivity index (χ3v) is 3.79. The minimum absolute atomic E-state index is 0. The van der Waals surface area contributed by atoms with Crippen LogP contribution in [0.2, 0.25) is 0 Å². The molecule has 0 aromatic heterocycles. The number of carboxylic acid groups (broad SMARTS) is 1. The number of benzene rings is 1. The van der Waals surface area contributed by atoms with Gasteiger partial charge in [0, 0.05) is 11.1 Å². The SMILES string of the molecule is CCCC(C)(CC)c1cc(C(=O)[O-])c(C)cc1O.[Na+]. The average Bonchev–Trinajstić information content (AvgIpc) is 2.28. The largest absolute Gasteiger partial charge is 1.00 e. The summed E-state index contributed by atoms with van der Waals surface area (Å²) in [6, 6.07) is 3.09. The van der Waals surface area contributed by atoms with E-state index in [0.717, 1.165) is 19.3 Å². The van der Waals surface area contributed by atoms with Crippen LogP contribution in [0.1, 0.15) is 61.5 Å². The summed E-state index contributed by atoms with van der Waals surface area (Å²) in [5.41, 5.74) is 1.21. The number of phenols is 1. The molecule has 1 unspecified atom stereocenters. The molecule has 4 heteroatoms. The summed E-state index contributed by atoms with van der Waals surface area (Å²) >= 11 is 0. The Hall–Kier alpha value is -0.510. The summed E-state index contributed by atoms with van der Waals surface area (Å²) in [6.45, 7) is 7.85. The van der Waals surface area contributed by atoms with Gasteiger partial charge in [-0.05, 0) is 42.9 Å². The molecule has 0 fully saturated rings. The van der Waals surface area contributed by atoms with Gasteiger partial charge in [0.05, 0.1) is 5.97 Å². The van der Waals surface area contributed by atoms with Crippen molar-refractivity contribution in [2.75, 3.05) is 0 Å². The molecule has 0 amide bonds. The van der Waals surface area contributed by atoms with E-state index < -0.39 is 5.97 Å². The van der Waals surface area contributed by atoms with Crippen molar-refractivity contribution in [1.82, 2.24) is 0 Å². The van der Waals surface area contributed by atoms with Crippen molar-refractivity contribution in [3.05, 3.63) is 28.8 Å². The van der Waals surface area contributed by atoms with Crippen molar-refractivity contribution in [3.8, 4) is 5.75 Å². The number of hydrogen-bond acceptors (Lipinski definition) is 3. The molecule has 1 atom stereocenters. The van der Waals surface area contributed by atoms with Gasteiger partial charge in [-0.15, -0.1) is 0 Å². The molecular weight excluding hydrogens is 251 g/mol. The fourth-order valence-electron chi connectivity index (χ4n) is 2.45. The quantitative estimate of drug-likeness (QED) is 0.738. The monoisotopic (exact) mass is 272 g/mol. The molecule has 0 saturated carbocycles. The van der Waals surface area contributed by atoms with Crippen LogP contribution in [0, 0.1) is 6.92 Å². The Morgan fingerprint density at radius 2 is 1.95 bits per heavy atom. The van der Waals surface area contributed by atoms with Crippen LogP contribution in [-0.2, 0) is 5.41 Å². The molecule has 1 rings (SSSR count). The van der Waals surface area contributed by atoms with Crippen molar-refractivity contribution < 1.29 is 44.6 Å². The van der Waals surface area contributed by atoms with Crippen LogP contribution >= 0.6 is 0 Å². The number of phenolic OH excluding ortho intramolecular Hbond substituents is 1. The number of carbonyl (C=O) groups is 1. The predicted molar refractivity (Wildman–Crippen MR) is 69.7 cm³/mol. The fraction of sp³-hybridized carbons (Fsp3) is 0.533. The van der Waals surface area contributed by atoms with E-state index >= 15 is 0 Å². The molecule has 0 spiro atoms. The summed E-state index contributed by atoms with van der Waals surface area (Å²) in [5.74, 6) is -1.01. The van der Waals surface area contributed by atoms with E-state index in [0.29, 0.717) is 11.1 Å². The number of carbonyl (C=O) groups excluding carboxylic acids is 1. The number of hydrogen-bond donors (Lipinski definition) is 1. The first kappa shape index (κ1) is 18.5. The predicted octanol–water partition coefficient (Wildman–Crippen LogP) is -0.464. The van der Waals surface area contributed by atoms with Gasteiger partial charge in [-0.25, -0.2) is 0 Å². The molecule has 0 aliphatic carbocycles. The first-order valence-electron chi connectivity index (χ1n) is 6.41. The Labute approximate surface area is 137 Å². The molecule has 1 aromatic carbocycles. The Kier molecular flexibility index (Phi) is 7.12. The zero-order valence-electron chi connectivity index (χ0n) is 12.5. The van der Waals surface area contributed by atoms with Crippen molar-refractivity contribution in [1.29, 1.82) is 0 Å². The number of carboxylic acids is 1. The smallest absolute Gasteiger partial charge is 0.545 e. The van der Waals surface area contributed by atoms with Crippen molar-refractivity contribution in [2.45, 2.75) is 52.4 Å². The maximum Gasteiger partial charge on any atom is 1.00 e. The number of aromatic hydroxyl groups is 1. The normalized spacial score (nSPS) is 13.5. The van der Waals surface area contributed by atoms with E-state index in [1.54, 1.807) is 13.0 Å². The molecule has 0 saturated heterocycles. The zero-order valence-corrected chi connectivity index (χ0v) is 14.5. The van der Waals surface area contributed by atoms with Crippen LogP contribution in [0.4, 0.5) is 0 Å². The van der Waals surface area contributed by atoms with E-state index in [4.69, 9.17) is 0 Å². The minimum Gasteiger partial charge on any atom is -0.545 e. The van der Waals surface area contributed by atoms with E-state index in [9.17, 15) is 15.0 Å². The van der Waals surface area contributed by atoms with E-state index in [2.05, 4.69) is 13.8 Å². The van der Waals surface area contributed by atoms with E-state index in [1.807, 2.05) is 6.92 Å². The molecule has 1 N–H and O–H groups in total. The van der Waals surface area contributed by atoms with Gasteiger partial charge in [0.2, 0.25) is 0 Å². The van der Waals surface area contributed by atoms with Gasteiger partial charge in [0.15, 0.2) is 0 Å². The summed E-state index contributed by atoms with van der Waals surface area (Å²) in [5, 5.41) is 21.1. The first-order chi connectivity index (χ1) is 8.35. The second-order valence-corrected chi connectivity index (χ2v) is 5.14. The van der Waals surface area contributed by atoms with Crippen LogP contribution in [0.25, 0.3) is 0 Å². The molecule has 3 nitrogen and oxygen atoms in total. The standard InChI is InChI=1S/C15H22O3.Na/c1-5-7-15(4,6-2)12-9-11(14(17)18)10(3)8-13(12)16;/h8-9,16H,5-7H2,1-4H3,(H,17,18);/q;+1/p-1. The Bertz CT molecular complexity index is 457. The average molecular weight is 272 g/mol. The first-order valence-corrected chi connectivity index (χ1v) is 6.41. The zero-order chi connectivity index (χ0) is 13.9. The molecule has 19 heavy (non-hydrogen) atoms. The summed E-state index contributed by atoms with van der Waals surface area (Å²) < 4.78 is 0. The Morgan fingerprint density at radius 1 is 1.37 bits per heavy atom. The van der Waals surface area contributed by atoms with E-state index in [1.165, 1.54) is 6.07 Å². The van der Waals surface area contributed by atoms with Crippen molar-refractivity contribution >= 4 is 5.97 Å². The molecule has 100 valence electrons. The third-order valence-electron chi connectivity index (χ3n) is 3.79. The second kappa shape index (κ2) is 7.32. The molecule has 0 aliphatic heterocycles. The molecule has 0 aliphatic rings. The van der Waals surface area contributed by atoms with Crippen LogP contribution in [0.15, 0.2) is 12.1 Å². The molecule has 1 aromatic rings. The van der Waals surface area contributed by atoms with Crippen LogP contribution in [0.3, 0.4) is 0 Å². The maximum absolute atomic E-state index is 11.1. The van der Waals surface area contributed by atoms with Crippen LogP contribution < -0.4 is 34.7 Å². The van der Waals surface area contributed by atoms with Crippen molar-refractivity contribution in [2.24, 2.45) is 0 Å². The van der Waals surface area contributed by atoms with Gasteiger partial charge in [0.1, 0.15) is 5.75 Å². The van der Waals surface area contributed by atoms with Gasteiger partial charge in [0.25, 0.3) is 0 Å². The van der Waals surface area contributed by atoms with Gasteiger partial charge in [-0.3, -0.25) is 0 Å². The number of aromatic carboxylic acids is 1. The maximum atomic E-state index is 11.1. The minimum atomic E-state index is -1.19. The number of rotatable bonds is 5. The van der Waals surface area contributed by atoms with Gasteiger partial charge in [-0.2, -0.15) is 0 Å². The molecule has 0 bridgehead atoms.